The van der Waals surface area contributed by atoms with E-state index in [-0.39, 0.29) is 5.89 Å². The second-order valence-electron chi connectivity index (χ2n) is 9.48. The van der Waals surface area contributed by atoms with Crippen LogP contribution in [0.15, 0.2) is 34.7 Å². The fourth-order valence-electron chi connectivity index (χ4n) is 4.46. The van der Waals surface area contributed by atoms with E-state index in [1.165, 1.54) is 4.57 Å². The van der Waals surface area contributed by atoms with Crippen molar-refractivity contribution in [1.82, 2.24) is 9.55 Å². The monoisotopic (exact) mass is 461 g/mol. The Morgan fingerprint density at radius 3 is 2.44 bits per heavy atom. The Morgan fingerprint density at radius 2 is 1.88 bits per heavy atom. The first-order chi connectivity index (χ1) is 16.0. The van der Waals surface area contributed by atoms with Crippen molar-refractivity contribution in [2.24, 2.45) is 0 Å². The van der Waals surface area contributed by atoms with Gasteiger partial charge in [0.05, 0.1) is 24.3 Å². The Labute approximate surface area is 197 Å². The number of aromatic nitrogens is 2. The maximum atomic E-state index is 12.4. The molecule has 176 valence electrons. The number of ether oxygens (including phenoxy) is 2. The Morgan fingerprint density at radius 1 is 1.18 bits per heavy atom. The van der Waals surface area contributed by atoms with Crippen LogP contribution in [0.5, 0.6) is 5.75 Å². The summed E-state index contributed by atoms with van der Waals surface area (Å²) in [6, 6.07) is 10.8. The number of methoxy groups -OCH3 is 2. The van der Waals surface area contributed by atoms with Gasteiger partial charge in [-0.2, -0.15) is 5.26 Å². The van der Waals surface area contributed by atoms with Gasteiger partial charge in [0, 0.05) is 29.2 Å². The molecule has 0 amide bonds. The molecule has 0 fully saturated rings. The van der Waals surface area contributed by atoms with Crippen LogP contribution in [-0.4, -0.2) is 35.0 Å². The zero-order valence-corrected chi connectivity index (χ0v) is 20.3. The van der Waals surface area contributed by atoms with Crippen molar-refractivity contribution in [2.45, 2.75) is 45.6 Å². The van der Waals surface area contributed by atoms with Gasteiger partial charge in [0.15, 0.2) is 11.2 Å². The van der Waals surface area contributed by atoms with Crippen molar-refractivity contribution in [3.63, 3.8) is 0 Å². The highest BCUT2D eigenvalue weighted by Crippen LogP contribution is 2.46. The number of oxazole rings is 1. The van der Waals surface area contributed by atoms with Gasteiger partial charge in [0.1, 0.15) is 11.3 Å². The molecule has 0 radical (unpaired) electrons. The second-order valence-corrected chi connectivity index (χ2v) is 9.48. The minimum absolute atomic E-state index is 0.268. The molecule has 2 aromatic carbocycles. The molecule has 8 heteroatoms. The van der Waals surface area contributed by atoms with Crippen molar-refractivity contribution in [1.29, 1.82) is 5.26 Å². The van der Waals surface area contributed by atoms with Gasteiger partial charge in [-0.25, -0.2) is 14.3 Å². The average Bonchev–Trinajstić information content (AvgIpc) is 3.40. The fourth-order valence-corrected chi connectivity index (χ4v) is 4.46. The third-order valence-electron chi connectivity index (χ3n) is 6.23. The van der Waals surface area contributed by atoms with E-state index in [2.05, 4.69) is 11.1 Å². The summed E-state index contributed by atoms with van der Waals surface area (Å²) >= 11 is 0. The van der Waals surface area contributed by atoms with Gasteiger partial charge < -0.3 is 19.0 Å². The van der Waals surface area contributed by atoms with Crippen LogP contribution in [0.1, 0.15) is 56.0 Å². The van der Waals surface area contributed by atoms with Gasteiger partial charge in [0.2, 0.25) is 5.89 Å². The van der Waals surface area contributed by atoms with Gasteiger partial charge in [-0.1, -0.05) is 20.8 Å². The van der Waals surface area contributed by atoms with E-state index >= 15 is 0 Å². The molecule has 4 aromatic rings. The first-order valence-corrected chi connectivity index (χ1v) is 10.8. The molecule has 0 saturated heterocycles. The zero-order valence-electron chi connectivity index (χ0n) is 20.3. The number of carboxylic acid groups (broad SMARTS) is 1. The molecule has 8 nitrogen and oxygen atoms in total. The third-order valence-corrected chi connectivity index (χ3v) is 6.23. The Hall–Kier alpha value is -3.83. The summed E-state index contributed by atoms with van der Waals surface area (Å²) in [4.78, 5) is 17.0. The topological polar surface area (TPSA) is 111 Å². The molecular weight excluding hydrogens is 434 g/mol. The van der Waals surface area contributed by atoms with Crippen LogP contribution < -0.4 is 4.74 Å². The van der Waals surface area contributed by atoms with Crippen molar-refractivity contribution in [2.75, 3.05) is 14.2 Å². The van der Waals surface area contributed by atoms with Crippen LogP contribution in [0.25, 0.3) is 22.0 Å². The molecule has 1 unspecified atom stereocenters. The number of nitrogens with zero attached hydrogens (tertiary/aromatic N) is 3. The van der Waals surface area contributed by atoms with Crippen LogP contribution in [-0.2, 0) is 15.8 Å². The van der Waals surface area contributed by atoms with Crippen molar-refractivity contribution in [3.8, 4) is 11.8 Å². The minimum Gasteiger partial charge on any atom is -0.496 e. The third kappa shape index (κ3) is 3.40. The lowest BCUT2D eigenvalue weighted by Gasteiger charge is -2.28. The second kappa shape index (κ2) is 7.89. The number of carbonyl (C=O) groups is 1. The molecule has 1 atom stereocenters. The predicted molar refractivity (Wildman–Crippen MR) is 128 cm³/mol. The van der Waals surface area contributed by atoms with Gasteiger partial charge in [-0.15, -0.1) is 0 Å². The zero-order chi connectivity index (χ0) is 25.0. The first-order valence-electron chi connectivity index (χ1n) is 10.8. The van der Waals surface area contributed by atoms with E-state index in [0.717, 1.165) is 5.56 Å². The minimum atomic E-state index is -1.22. The van der Waals surface area contributed by atoms with Crippen LogP contribution >= 0.6 is 0 Å². The van der Waals surface area contributed by atoms with E-state index in [1.807, 2.05) is 40.7 Å². The number of nitriles is 1. The Balaban J connectivity index is 2.12. The van der Waals surface area contributed by atoms with Crippen molar-refractivity contribution < 1.29 is 23.8 Å². The van der Waals surface area contributed by atoms with Crippen LogP contribution in [0.2, 0.25) is 0 Å². The standard InChI is InChI=1S/C26H27N3O5/c1-14-10-19(32-6)21(16-12-20(25(2,3)4)29(22(14)16)24(30)31)26(5,33-7)23-28-17-11-15(13-27)8-9-18(17)34-23/h8-12H,1-7H3,(H,30,31). The maximum absolute atomic E-state index is 12.4. The largest absolute Gasteiger partial charge is 0.496 e. The summed E-state index contributed by atoms with van der Waals surface area (Å²) in [5.74, 6) is 0.793. The molecule has 0 spiro atoms. The number of aryl methyl sites for hydroxylation is 1. The predicted octanol–water partition coefficient (Wildman–Crippen LogP) is 5.70. The lowest BCUT2D eigenvalue weighted by Crippen LogP contribution is -2.27. The summed E-state index contributed by atoms with van der Waals surface area (Å²) in [5.41, 5.74) is 2.40. The van der Waals surface area contributed by atoms with Crippen LogP contribution in [0.3, 0.4) is 0 Å². The molecule has 34 heavy (non-hydrogen) atoms. The average molecular weight is 462 g/mol. The summed E-state index contributed by atoms with van der Waals surface area (Å²) in [5, 5.41) is 20.0. The molecule has 4 rings (SSSR count). The van der Waals surface area contributed by atoms with Crippen molar-refractivity contribution >= 4 is 28.1 Å². The fraction of sp³-hybridized carbons (Fsp3) is 0.346. The van der Waals surface area contributed by atoms with Crippen LogP contribution in [0, 0.1) is 18.3 Å². The molecular formula is C26H27N3O5. The normalized spacial score (nSPS) is 13.7. The summed E-state index contributed by atoms with van der Waals surface area (Å²) < 4.78 is 19.2. The molecule has 2 aromatic heterocycles. The van der Waals surface area contributed by atoms with Gasteiger partial charge in [-0.3, -0.25) is 0 Å². The summed E-state index contributed by atoms with van der Waals surface area (Å²) in [6.07, 6.45) is -1.07. The van der Waals surface area contributed by atoms with Gasteiger partial charge >= 0.3 is 6.09 Å². The number of hydrogen-bond donors (Lipinski definition) is 1. The Bertz CT molecular complexity index is 1480. The highest BCUT2D eigenvalue weighted by Gasteiger charge is 2.41. The smallest absolute Gasteiger partial charge is 0.416 e. The first kappa shape index (κ1) is 23.3. The molecule has 2 heterocycles. The van der Waals surface area contributed by atoms with Gasteiger partial charge in [0.25, 0.3) is 0 Å². The summed E-state index contributed by atoms with van der Waals surface area (Å²) in [6.45, 7) is 9.57. The van der Waals surface area contributed by atoms with Crippen LogP contribution in [0.4, 0.5) is 4.79 Å². The highest BCUT2D eigenvalue weighted by atomic mass is 16.5. The number of hydrogen-bond acceptors (Lipinski definition) is 6. The quantitative estimate of drug-likeness (QED) is 0.415. The Kier molecular flexibility index (Phi) is 5.41. The van der Waals surface area contributed by atoms with E-state index in [1.54, 1.807) is 38.5 Å². The molecule has 0 saturated carbocycles. The maximum Gasteiger partial charge on any atom is 0.416 e. The number of fused-ring (bicyclic) bond motifs is 2. The lowest BCUT2D eigenvalue weighted by atomic mass is 9.88. The van der Waals surface area contributed by atoms with Crippen molar-refractivity contribution in [3.05, 3.63) is 58.6 Å². The molecule has 0 aliphatic heterocycles. The van der Waals surface area contributed by atoms with E-state index in [4.69, 9.17) is 13.9 Å². The van der Waals surface area contributed by atoms with E-state index in [0.29, 0.717) is 44.6 Å². The van der Waals surface area contributed by atoms with E-state index in [9.17, 15) is 15.2 Å². The SMILES string of the molecule is COc1cc(C)c2c(cc(C(C)(C)C)n2C(=O)O)c1C(C)(OC)c1nc2cc(C#N)ccc2o1. The molecule has 0 bridgehead atoms. The highest BCUT2D eigenvalue weighted by molar-refractivity contribution is 5.97. The van der Waals surface area contributed by atoms with Gasteiger partial charge in [-0.05, 0) is 49.7 Å². The molecule has 1 N–H and O–H groups in total. The molecule has 0 aliphatic carbocycles. The number of benzene rings is 2. The molecule has 0 aliphatic rings. The summed E-state index contributed by atoms with van der Waals surface area (Å²) in [7, 11) is 3.10. The number of rotatable bonds is 4. The lowest BCUT2D eigenvalue weighted by molar-refractivity contribution is 0.0165. The van der Waals surface area contributed by atoms with E-state index < -0.39 is 17.1 Å².